The molecule has 0 N–H and O–H groups in total. The molecule has 0 spiro atoms. The number of rotatable bonds is 12. The molecule has 1 nitrogen and oxygen atoms in total. The maximum Gasteiger partial charge on any atom is 0.119 e. The Balaban J connectivity index is 3.18. The van der Waals surface area contributed by atoms with Gasteiger partial charge in [0.05, 0.1) is 0 Å². The predicted octanol–water partition coefficient (Wildman–Crippen LogP) is 5.38. The van der Waals surface area contributed by atoms with Crippen LogP contribution in [0.25, 0.3) is 0 Å². The molecule has 0 aliphatic rings. The molecule has 0 unspecified atom stereocenters. The van der Waals surface area contributed by atoms with E-state index >= 15 is 0 Å². The summed E-state index contributed by atoms with van der Waals surface area (Å²) in [5, 5.41) is 0. The van der Waals surface area contributed by atoms with Gasteiger partial charge in [-0.3, -0.25) is 0 Å². The average Bonchev–Trinajstić information content (AvgIpc) is 2.32. The summed E-state index contributed by atoms with van der Waals surface area (Å²) in [5.41, 5.74) is 0. The molecule has 0 saturated carbocycles. The van der Waals surface area contributed by atoms with Crippen molar-refractivity contribution in [1.29, 1.82) is 0 Å². The van der Waals surface area contributed by atoms with Gasteiger partial charge >= 0.3 is 0 Å². The number of hydrogen-bond acceptors (Lipinski definition) is 1. The second kappa shape index (κ2) is 12.1. The van der Waals surface area contributed by atoms with Crippen molar-refractivity contribution in [2.75, 3.05) is 0 Å². The Morgan fingerprint density at radius 1 is 0.882 bits per heavy atom. The molecule has 0 bridgehead atoms. The van der Waals surface area contributed by atoms with Crippen LogP contribution in [0, 0.1) is 11.8 Å². The molecule has 102 valence electrons. The second-order valence-electron chi connectivity index (χ2n) is 5.72. The maximum absolute atomic E-state index is 10.1. The van der Waals surface area contributed by atoms with Crippen molar-refractivity contribution >= 4 is 6.29 Å². The van der Waals surface area contributed by atoms with Crippen LogP contribution in [-0.2, 0) is 4.79 Å². The van der Waals surface area contributed by atoms with Crippen molar-refractivity contribution in [2.24, 2.45) is 11.8 Å². The molecule has 1 heteroatoms. The van der Waals surface area contributed by atoms with Gasteiger partial charge in [-0.05, 0) is 24.7 Å². The Bertz CT molecular complexity index is 165. The van der Waals surface area contributed by atoms with Gasteiger partial charge < -0.3 is 4.79 Å². The second-order valence-corrected chi connectivity index (χ2v) is 5.72. The van der Waals surface area contributed by atoms with E-state index in [4.69, 9.17) is 0 Å². The normalized spacial score (nSPS) is 14.5. The minimum absolute atomic E-state index is 0.756. The average molecular weight is 240 g/mol. The van der Waals surface area contributed by atoms with Crippen LogP contribution in [0.2, 0.25) is 0 Å². The van der Waals surface area contributed by atoms with E-state index in [0.717, 1.165) is 31.0 Å². The van der Waals surface area contributed by atoms with Gasteiger partial charge in [0.1, 0.15) is 6.29 Å². The van der Waals surface area contributed by atoms with Crippen LogP contribution in [0.15, 0.2) is 0 Å². The Morgan fingerprint density at radius 2 is 1.47 bits per heavy atom. The highest BCUT2D eigenvalue weighted by Gasteiger charge is 2.06. The molecule has 0 aromatic carbocycles. The fraction of sp³-hybridized carbons (Fsp3) is 0.938. The number of hydrogen-bond donors (Lipinski definition) is 0. The van der Waals surface area contributed by atoms with E-state index in [2.05, 4.69) is 20.8 Å². The minimum atomic E-state index is 0.756. The summed E-state index contributed by atoms with van der Waals surface area (Å²) in [6.45, 7) is 7.05. The standard InChI is InChI=1S/C16H32O/c1-4-15(2)14-16(3)12-10-8-6-5-7-9-11-13-17/h13,15-16H,4-12,14H2,1-3H3/t15-,16+/m0/s1. The molecule has 0 saturated heterocycles. The van der Waals surface area contributed by atoms with Crippen LogP contribution in [0.5, 0.6) is 0 Å². The van der Waals surface area contributed by atoms with Gasteiger partial charge in [0.25, 0.3) is 0 Å². The summed E-state index contributed by atoms with van der Waals surface area (Å²) >= 11 is 0. The van der Waals surface area contributed by atoms with Crippen molar-refractivity contribution in [3.05, 3.63) is 0 Å². The van der Waals surface area contributed by atoms with Crippen molar-refractivity contribution in [3.63, 3.8) is 0 Å². The van der Waals surface area contributed by atoms with Crippen LogP contribution < -0.4 is 0 Å². The molecule has 0 amide bonds. The molecule has 0 rings (SSSR count). The maximum atomic E-state index is 10.1. The summed E-state index contributed by atoms with van der Waals surface area (Å²) in [4.78, 5) is 10.1. The first-order chi connectivity index (χ1) is 8.20. The Kier molecular flexibility index (Phi) is 11.9. The molecule has 17 heavy (non-hydrogen) atoms. The third-order valence-electron chi connectivity index (χ3n) is 3.77. The Hall–Kier alpha value is -0.330. The predicted molar refractivity (Wildman–Crippen MR) is 76.2 cm³/mol. The fourth-order valence-corrected chi connectivity index (χ4v) is 2.40. The van der Waals surface area contributed by atoms with E-state index in [1.807, 2.05) is 0 Å². The van der Waals surface area contributed by atoms with Gasteiger partial charge in [0, 0.05) is 6.42 Å². The zero-order chi connectivity index (χ0) is 12.9. The van der Waals surface area contributed by atoms with Crippen molar-refractivity contribution < 1.29 is 4.79 Å². The molecule has 0 radical (unpaired) electrons. The number of unbranched alkanes of at least 4 members (excludes halogenated alkanes) is 6. The van der Waals surface area contributed by atoms with E-state index < -0.39 is 0 Å². The van der Waals surface area contributed by atoms with E-state index in [0.29, 0.717) is 0 Å². The Morgan fingerprint density at radius 3 is 2.06 bits per heavy atom. The first kappa shape index (κ1) is 16.7. The van der Waals surface area contributed by atoms with E-state index in [1.54, 1.807) is 0 Å². The lowest BCUT2D eigenvalue weighted by atomic mass is 9.91. The first-order valence-electron chi connectivity index (χ1n) is 7.64. The smallest absolute Gasteiger partial charge is 0.119 e. The zero-order valence-electron chi connectivity index (χ0n) is 12.2. The largest absolute Gasteiger partial charge is 0.303 e. The van der Waals surface area contributed by atoms with Crippen LogP contribution in [-0.4, -0.2) is 6.29 Å². The Labute approximate surface area is 108 Å². The quantitative estimate of drug-likeness (QED) is 0.331. The highest BCUT2D eigenvalue weighted by atomic mass is 16.1. The van der Waals surface area contributed by atoms with Gasteiger partial charge in [-0.1, -0.05) is 65.7 Å². The molecule has 0 fully saturated rings. The van der Waals surface area contributed by atoms with Crippen molar-refractivity contribution in [1.82, 2.24) is 0 Å². The lowest BCUT2D eigenvalue weighted by Gasteiger charge is -2.15. The fourth-order valence-electron chi connectivity index (χ4n) is 2.40. The van der Waals surface area contributed by atoms with Crippen molar-refractivity contribution in [2.45, 2.75) is 85.0 Å². The van der Waals surface area contributed by atoms with E-state index in [9.17, 15) is 4.79 Å². The zero-order valence-corrected chi connectivity index (χ0v) is 12.2. The molecule has 2 atom stereocenters. The molecular weight excluding hydrogens is 208 g/mol. The first-order valence-corrected chi connectivity index (χ1v) is 7.64. The molecule has 0 heterocycles. The molecule has 0 aromatic rings. The lowest BCUT2D eigenvalue weighted by molar-refractivity contribution is -0.107. The molecule has 0 aliphatic heterocycles. The van der Waals surface area contributed by atoms with Crippen LogP contribution >= 0.6 is 0 Å². The molecular formula is C16H32O. The lowest BCUT2D eigenvalue weighted by Crippen LogP contribution is -2.02. The van der Waals surface area contributed by atoms with Gasteiger partial charge in [-0.2, -0.15) is 0 Å². The third kappa shape index (κ3) is 11.9. The van der Waals surface area contributed by atoms with Gasteiger partial charge in [0.2, 0.25) is 0 Å². The van der Waals surface area contributed by atoms with Gasteiger partial charge in [-0.25, -0.2) is 0 Å². The summed E-state index contributed by atoms with van der Waals surface area (Å²) in [7, 11) is 0. The van der Waals surface area contributed by atoms with Crippen LogP contribution in [0.4, 0.5) is 0 Å². The summed E-state index contributed by atoms with van der Waals surface area (Å²) in [6.07, 6.45) is 13.7. The number of carbonyl (C=O) groups excluding carboxylic acids is 1. The van der Waals surface area contributed by atoms with E-state index in [-0.39, 0.29) is 0 Å². The summed E-state index contributed by atoms with van der Waals surface area (Å²) in [5.74, 6) is 1.80. The third-order valence-corrected chi connectivity index (χ3v) is 3.77. The monoisotopic (exact) mass is 240 g/mol. The molecule has 0 aliphatic carbocycles. The topological polar surface area (TPSA) is 17.1 Å². The van der Waals surface area contributed by atoms with Gasteiger partial charge in [-0.15, -0.1) is 0 Å². The van der Waals surface area contributed by atoms with Crippen LogP contribution in [0.3, 0.4) is 0 Å². The summed E-state index contributed by atoms with van der Waals surface area (Å²) in [6, 6.07) is 0. The minimum Gasteiger partial charge on any atom is -0.303 e. The number of aldehydes is 1. The highest BCUT2D eigenvalue weighted by Crippen LogP contribution is 2.20. The van der Waals surface area contributed by atoms with Crippen LogP contribution in [0.1, 0.15) is 85.0 Å². The highest BCUT2D eigenvalue weighted by molar-refractivity contribution is 5.48. The summed E-state index contributed by atoms with van der Waals surface area (Å²) < 4.78 is 0. The molecule has 0 aromatic heterocycles. The van der Waals surface area contributed by atoms with Gasteiger partial charge in [0.15, 0.2) is 0 Å². The van der Waals surface area contributed by atoms with Crippen molar-refractivity contribution in [3.8, 4) is 0 Å². The number of carbonyl (C=O) groups is 1. The van der Waals surface area contributed by atoms with E-state index in [1.165, 1.54) is 51.4 Å². The SMILES string of the molecule is CC[C@H](C)C[C@H](C)CCCCCCCCC=O.